The van der Waals surface area contributed by atoms with Crippen molar-refractivity contribution in [3.05, 3.63) is 23.8 Å². The molecule has 146 valence electrons. The minimum atomic E-state index is -0.805. The van der Waals surface area contributed by atoms with Crippen LogP contribution < -0.4 is 9.47 Å². The first kappa shape index (κ1) is 22.2. The van der Waals surface area contributed by atoms with Gasteiger partial charge in [-0.05, 0) is 44.7 Å². The number of hydrogen-bond acceptors (Lipinski definition) is 6. The predicted molar refractivity (Wildman–Crippen MR) is 102 cm³/mol. The molecule has 2 unspecified atom stereocenters. The first-order valence-corrected chi connectivity index (χ1v) is 9.31. The SMILES string of the molecule is COc1cccc(OC)c1C(=O)C(C(=O)OC(C)C)C1CCCC1.O=[PH3]. The predicted octanol–water partition coefficient (Wildman–Crippen LogP) is 3.58. The topological polar surface area (TPSA) is 78.9 Å². The van der Waals surface area contributed by atoms with Crippen molar-refractivity contribution in [3.8, 4) is 11.5 Å². The lowest BCUT2D eigenvalue weighted by Crippen LogP contribution is -2.34. The summed E-state index contributed by atoms with van der Waals surface area (Å²) in [7, 11) is 3.62. The molecule has 0 aromatic heterocycles. The molecule has 2 rings (SSSR count). The van der Waals surface area contributed by atoms with Crippen LogP contribution in [0.15, 0.2) is 18.2 Å². The van der Waals surface area contributed by atoms with Gasteiger partial charge in [-0.15, -0.1) is 0 Å². The van der Waals surface area contributed by atoms with E-state index in [9.17, 15) is 9.59 Å². The Morgan fingerprint density at radius 2 is 1.54 bits per heavy atom. The highest BCUT2D eigenvalue weighted by atomic mass is 31.0. The van der Waals surface area contributed by atoms with E-state index in [1.165, 1.54) is 14.2 Å². The third-order valence-electron chi connectivity index (χ3n) is 4.43. The molecule has 1 aromatic carbocycles. The van der Waals surface area contributed by atoms with Gasteiger partial charge in [-0.3, -0.25) is 9.59 Å². The van der Waals surface area contributed by atoms with Gasteiger partial charge in [-0.2, -0.15) is 0 Å². The molecule has 1 aliphatic rings. The molecule has 26 heavy (non-hydrogen) atoms. The van der Waals surface area contributed by atoms with E-state index in [-0.39, 0.29) is 17.8 Å². The van der Waals surface area contributed by atoms with E-state index in [0.717, 1.165) is 25.7 Å². The molecule has 1 aromatic rings. The fraction of sp³-hybridized carbons (Fsp3) is 0.579. The van der Waals surface area contributed by atoms with Crippen molar-refractivity contribution in [3.63, 3.8) is 0 Å². The molecule has 0 amide bonds. The number of carbonyl (C=O) groups excluding carboxylic acids is 2. The van der Waals surface area contributed by atoms with Crippen molar-refractivity contribution in [1.82, 2.24) is 0 Å². The van der Waals surface area contributed by atoms with Gasteiger partial charge in [0, 0.05) is 0 Å². The van der Waals surface area contributed by atoms with Crippen LogP contribution in [0.5, 0.6) is 11.5 Å². The van der Waals surface area contributed by atoms with Gasteiger partial charge >= 0.3 is 5.97 Å². The largest absolute Gasteiger partial charge is 0.496 e. The Hall–Kier alpha value is -1.81. The molecule has 2 atom stereocenters. The zero-order valence-electron chi connectivity index (χ0n) is 15.9. The number of hydrogen-bond donors (Lipinski definition) is 0. The number of ether oxygens (including phenoxy) is 3. The molecule has 6 nitrogen and oxygen atoms in total. The summed E-state index contributed by atoms with van der Waals surface area (Å²) in [5.41, 5.74) is 0.320. The fourth-order valence-corrected chi connectivity index (χ4v) is 3.36. The zero-order chi connectivity index (χ0) is 19.7. The van der Waals surface area contributed by atoms with Crippen molar-refractivity contribution in [1.29, 1.82) is 0 Å². The molecule has 0 spiro atoms. The monoisotopic (exact) mass is 384 g/mol. The van der Waals surface area contributed by atoms with Crippen molar-refractivity contribution in [2.75, 3.05) is 14.2 Å². The summed E-state index contributed by atoms with van der Waals surface area (Å²) in [5, 5.41) is 0. The molecule has 1 aliphatic carbocycles. The van der Waals surface area contributed by atoms with Gasteiger partial charge in [-0.25, -0.2) is 0 Å². The average molecular weight is 384 g/mol. The van der Waals surface area contributed by atoms with Gasteiger partial charge < -0.3 is 18.8 Å². The number of ketones is 1. The first-order chi connectivity index (χ1) is 12.5. The average Bonchev–Trinajstić information content (AvgIpc) is 3.16. The molecule has 7 heteroatoms. The zero-order valence-corrected chi connectivity index (χ0v) is 17.4. The van der Waals surface area contributed by atoms with Gasteiger partial charge in [0.25, 0.3) is 0 Å². The number of carbonyl (C=O) groups is 2. The van der Waals surface area contributed by atoms with Gasteiger partial charge in [0.1, 0.15) is 23.0 Å². The summed E-state index contributed by atoms with van der Waals surface area (Å²) in [5.74, 6) is -0.686. The molecule has 0 saturated heterocycles. The lowest BCUT2D eigenvalue weighted by atomic mass is 9.84. The molecule has 1 saturated carbocycles. The maximum atomic E-state index is 13.3. The molecular weight excluding hydrogens is 355 g/mol. The number of benzene rings is 1. The van der Waals surface area contributed by atoms with Crippen molar-refractivity contribution in [2.45, 2.75) is 45.6 Å². The third-order valence-corrected chi connectivity index (χ3v) is 4.43. The highest BCUT2D eigenvalue weighted by Crippen LogP contribution is 2.38. The van der Waals surface area contributed by atoms with Gasteiger partial charge in [0.2, 0.25) is 0 Å². The Bertz CT molecular complexity index is 588. The van der Waals surface area contributed by atoms with Crippen LogP contribution in [0.25, 0.3) is 0 Å². The number of rotatable bonds is 7. The van der Waals surface area contributed by atoms with Crippen LogP contribution in [-0.4, -0.2) is 32.1 Å². The quantitative estimate of drug-likeness (QED) is 0.309. The highest BCUT2D eigenvalue weighted by molar-refractivity contribution is 7.00. The van der Waals surface area contributed by atoms with Crippen LogP contribution >= 0.6 is 9.12 Å². The summed E-state index contributed by atoms with van der Waals surface area (Å²) in [6.45, 7) is 3.58. The Balaban J connectivity index is 0.00000163. The van der Waals surface area contributed by atoms with Crippen molar-refractivity contribution >= 4 is 20.9 Å². The van der Waals surface area contributed by atoms with Gasteiger partial charge in [0.15, 0.2) is 5.78 Å². The molecule has 0 bridgehead atoms. The Labute approximate surface area is 156 Å². The minimum absolute atomic E-state index is 0.0124. The van der Waals surface area contributed by atoms with Crippen LogP contribution in [0.4, 0.5) is 0 Å². The highest BCUT2D eigenvalue weighted by Gasteiger charge is 2.40. The second kappa shape index (κ2) is 11.0. The summed E-state index contributed by atoms with van der Waals surface area (Å²) in [6, 6.07) is 5.16. The van der Waals surface area contributed by atoms with Crippen LogP contribution in [0, 0.1) is 11.8 Å². The van der Waals surface area contributed by atoms with E-state index < -0.39 is 11.9 Å². The smallest absolute Gasteiger partial charge is 0.317 e. The van der Waals surface area contributed by atoms with Crippen LogP contribution in [0.1, 0.15) is 49.9 Å². The number of methoxy groups -OCH3 is 2. The van der Waals surface area contributed by atoms with Gasteiger partial charge in [0.05, 0.1) is 29.4 Å². The molecule has 0 N–H and O–H groups in total. The van der Waals surface area contributed by atoms with E-state index in [4.69, 9.17) is 18.8 Å². The van der Waals surface area contributed by atoms with Crippen LogP contribution in [0.3, 0.4) is 0 Å². The van der Waals surface area contributed by atoms with E-state index in [1.54, 1.807) is 32.0 Å². The molecule has 1 fully saturated rings. The Kier molecular flexibility index (Phi) is 9.42. The summed E-state index contributed by atoms with van der Waals surface area (Å²) in [4.78, 5) is 25.9. The molecular formula is C19H29O6P. The molecule has 0 aliphatic heterocycles. The summed E-state index contributed by atoms with van der Waals surface area (Å²) in [6.07, 6.45) is 3.54. The van der Waals surface area contributed by atoms with E-state index in [0.29, 0.717) is 26.2 Å². The standard InChI is InChI=1S/C19H26O5.H3OP/c1-12(2)24-19(21)16(13-8-5-6-9-13)18(20)17-14(22-3)10-7-11-15(17)23-4;1-2/h7,10-13,16H,5-6,8-9H2,1-4H3;2H3. The Morgan fingerprint density at radius 1 is 1.04 bits per heavy atom. The van der Waals surface area contributed by atoms with Crippen LogP contribution in [-0.2, 0) is 14.1 Å². The second-order valence-electron chi connectivity index (χ2n) is 6.41. The molecule has 0 heterocycles. The van der Waals surface area contributed by atoms with Crippen molar-refractivity contribution < 1.29 is 28.4 Å². The second-order valence-corrected chi connectivity index (χ2v) is 6.41. The number of Topliss-reactive ketones (excluding diaryl/α,β-unsaturated/α-hetero) is 1. The minimum Gasteiger partial charge on any atom is -0.496 e. The fourth-order valence-electron chi connectivity index (χ4n) is 3.36. The Morgan fingerprint density at radius 3 is 1.96 bits per heavy atom. The molecule has 0 radical (unpaired) electrons. The maximum absolute atomic E-state index is 13.3. The van der Waals surface area contributed by atoms with E-state index in [2.05, 4.69) is 0 Å². The summed E-state index contributed by atoms with van der Waals surface area (Å²) < 4.78 is 24.3. The normalized spacial score (nSPS) is 15.1. The lowest BCUT2D eigenvalue weighted by molar-refractivity contribution is -0.152. The third kappa shape index (κ3) is 5.34. The van der Waals surface area contributed by atoms with E-state index in [1.807, 2.05) is 0 Å². The summed E-state index contributed by atoms with van der Waals surface area (Å²) >= 11 is 0. The van der Waals surface area contributed by atoms with Gasteiger partial charge in [-0.1, -0.05) is 18.9 Å². The lowest BCUT2D eigenvalue weighted by Gasteiger charge is -2.23. The number of esters is 1. The maximum Gasteiger partial charge on any atom is 0.317 e. The van der Waals surface area contributed by atoms with Crippen molar-refractivity contribution in [2.24, 2.45) is 11.8 Å². The van der Waals surface area contributed by atoms with E-state index >= 15 is 0 Å². The van der Waals surface area contributed by atoms with Crippen LogP contribution in [0.2, 0.25) is 0 Å². The first-order valence-electron chi connectivity index (χ1n) is 8.74.